The second-order valence-electron chi connectivity index (χ2n) is 7.19. The van der Waals surface area contributed by atoms with Crippen LogP contribution in [0.4, 0.5) is 5.69 Å². The summed E-state index contributed by atoms with van der Waals surface area (Å²) >= 11 is 0. The molecule has 0 bridgehead atoms. The Bertz CT molecular complexity index is 1090. The molecule has 1 atom stereocenters. The zero-order valence-electron chi connectivity index (χ0n) is 17.6. The van der Waals surface area contributed by atoms with Gasteiger partial charge in [-0.1, -0.05) is 18.2 Å². The Hall–Kier alpha value is -3.74. The van der Waals surface area contributed by atoms with Gasteiger partial charge in [0.25, 0.3) is 0 Å². The maximum Gasteiger partial charge on any atom is 0.347 e. The second-order valence-corrected chi connectivity index (χ2v) is 7.19. The van der Waals surface area contributed by atoms with Gasteiger partial charge < -0.3 is 24.3 Å². The van der Waals surface area contributed by atoms with Crippen molar-refractivity contribution < 1.29 is 28.5 Å². The fourth-order valence-electron chi connectivity index (χ4n) is 3.56. The smallest absolute Gasteiger partial charge is 0.347 e. The highest BCUT2D eigenvalue weighted by Crippen LogP contribution is 2.38. The Balaban J connectivity index is 1.72. The average Bonchev–Trinajstić information content (AvgIpc) is 3.28. The number of Topliss-reactive ketones (excluding diaryl/α,β-unsaturated/α-hetero) is 1. The van der Waals surface area contributed by atoms with Gasteiger partial charge in [-0.05, 0) is 44.2 Å². The maximum absolute atomic E-state index is 13.1. The monoisotopic (exact) mass is 421 g/mol. The van der Waals surface area contributed by atoms with Crippen LogP contribution in [0.15, 0.2) is 59.7 Å². The number of ether oxygens (including phenoxy) is 4. The standard InChI is InChI=1S/C24H23NO6/c1-4-29-24(27)20-21(26)19(31-23(20)25-17-8-6-5-7-9-17)13-16-12-18(28-3)11-15-10-14(2)30-22(15)16/h5-9,11-14,25H,4,10H2,1-3H3/b19-13+/t14-/m0/s1. The molecular weight excluding hydrogens is 398 g/mol. The normalized spacial score (nSPS) is 18.5. The summed E-state index contributed by atoms with van der Waals surface area (Å²) < 4.78 is 22.2. The minimum Gasteiger partial charge on any atom is -0.497 e. The molecule has 0 saturated heterocycles. The number of carbonyl (C=O) groups excluding carboxylic acids is 2. The van der Waals surface area contributed by atoms with Crippen LogP contribution in [0.1, 0.15) is 25.0 Å². The Morgan fingerprint density at radius 3 is 2.74 bits per heavy atom. The summed E-state index contributed by atoms with van der Waals surface area (Å²) in [5.74, 6) is 0.0682. The van der Waals surface area contributed by atoms with E-state index in [1.165, 1.54) is 0 Å². The molecule has 31 heavy (non-hydrogen) atoms. The van der Waals surface area contributed by atoms with Crippen LogP contribution >= 0.6 is 0 Å². The van der Waals surface area contributed by atoms with Gasteiger partial charge in [-0.2, -0.15) is 0 Å². The number of ketones is 1. The Labute approximate surface area is 180 Å². The van der Waals surface area contributed by atoms with E-state index in [9.17, 15) is 9.59 Å². The molecule has 0 aliphatic carbocycles. The first-order valence-electron chi connectivity index (χ1n) is 10.1. The number of para-hydroxylation sites is 1. The lowest BCUT2D eigenvalue weighted by atomic mass is 10.0. The Morgan fingerprint density at radius 1 is 1.26 bits per heavy atom. The van der Waals surface area contributed by atoms with E-state index in [4.69, 9.17) is 18.9 Å². The second kappa shape index (κ2) is 8.55. The molecule has 0 unspecified atom stereocenters. The van der Waals surface area contributed by atoms with Crippen LogP contribution in [-0.4, -0.2) is 31.6 Å². The summed E-state index contributed by atoms with van der Waals surface area (Å²) in [6.07, 6.45) is 2.33. The summed E-state index contributed by atoms with van der Waals surface area (Å²) in [6.45, 7) is 3.79. The van der Waals surface area contributed by atoms with Crippen LogP contribution in [0.2, 0.25) is 0 Å². The van der Waals surface area contributed by atoms with Gasteiger partial charge in [0.05, 0.1) is 13.7 Å². The van der Waals surface area contributed by atoms with Gasteiger partial charge in [0.15, 0.2) is 11.3 Å². The third kappa shape index (κ3) is 4.12. The van der Waals surface area contributed by atoms with Crippen LogP contribution in [0.25, 0.3) is 6.08 Å². The van der Waals surface area contributed by atoms with Gasteiger partial charge in [-0.15, -0.1) is 0 Å². The van der Waals surface area contributed by atoms with Crippen molar-refractivity contribution in [3.05, 3.63) is 70.8 Å². The largest absolute Gasteiger partial charge is 0.497 e. The van der Waals surface area contributed by atoms with Crippen molar-refractivity contribution in [1.29, 1.82) is 0 Å². The number of anilines is 1. The number of fused-ring (bicyclic) bond motifs is 1. The number of hydrogen-bond donors (Lipinski definition) is 1. The predicted molar refractivity (Wildman–Crippen MR) is 115 cm³/mol. The van der Waals surface area contributed by atoms with E-state index in [1.54, 1.807) is 38.3 Å². The minimum absolute atomic E-state index is 0.0000836. The van der Waals surface area contributed by atoms with Crippen LogP contribution in [0.5, 0.6) is 11.5 Å². The third-order valence-corrected chi connectivity index (χ3v) is 4.92. The van der Waals surface area contributed by atoms with Gasteiger partial charge in [-0.25, -0.2) is 4.79 Å². The highest BCUT2D eigenvalue weighted by atomic mass is 16.5. The van der Waals surface area contributed by atoms with E-state index in [0.717, 1.165) is 12.0 Å². The van der Waals surface area contributed by atoms with Crippen molar-refractivity contribution in [2.24, 2.45) is 0 Å². The van der Waals surface area contributed by atoms with Crippen molar-refractivity contribution in [1.82, 2.24) is 0 Å². The lowest BCUT2D eigenvalue weighted by Gasteiger charge is -2.10. The molecule has 2 aliphatic rings. The lowest BCUT2D eigenvalue weighted by molar-refractivity contribution is -0.139. The molecule has 0 spiro atoms. The van der Waals surface area contributed by atoms with E-state index in [0.29, 0.717) is 22.7 Å². The number of benzene rings is 2. The lowest BCUT2D eigenvalue weighted by Crippen LogP contribution is -2.16. The molecule has 4 rings (SSSR count). The number of hydrogen-bond acceptors (Lipinski definition) is 7. The predicted octanol–water partition coefficient (Wildman–Crippen LogP) is 3.85. The summed E-state index contributed by atoms with van der Waals surface area (Å²) in [5, 5.41) is 3.00. The van der Waals surface area contributed by atoms with Crippen molar-refractivity contribution in [2.45, 2.75) is 26.4 Å². The van der Waals surface area contributed by atoms with E-state index in [1.807, 2.05) is 31.2 Å². The van der Waals surface area contributed by atoms with E-state index < -0.39 is 11.8 Å². The first-order valence-corrected chi connectivity index (χ1v) is 10.1. The van der Waals surface area contributed by atoms with Crippen LogP contribution in [-0.2, 0) is 25.5 Å². The molecule has 0 radical (unpaired) electrons. The molecule has 160 valence electrons. The van der Waals surface area contributed by atoms with Gasteiger partial charge in [0, 0.05) is 23.2 Å². The minimum atomic E-state index is -0.741. The molecule has 1 N–H and O–H groups in total. The average molecular weight is 421 g/mol. The van der Waals surface area contributed by atoms with Crippen LogP contribution in [0.3, 0.4) is 0 Å². The van der Waals surface area contributed by atoms with E-state index in [-0.39, 0.29) is 29.9 Å². The fraction of sp³-hybridized carbons (Fsp3) is 0.250. The molecule has 2 aromatic carbocycles. The van der Waals surface area contributed by atoms with Gasteiger partial charge in [0.1, 0.15) is 17.6 Å². The number of nitrogens with one attached hydrogen (secondary N) is 1. The number of allylic oxidation sites excluding steroid dienone is 1. The molecule has 2 aromatic rings. The molecule has 2 aliphatic heterocycles. The molecule has 0 saturated carbocycles. The summed E-state index contributed by atoms with van der Waals surface area (Å²) in [4.78, 5) is 25.6. The summed E-state index contributed by atoms with van der Waals surface area (Å²) in [6, 6.07) is 12.8. The summed E-state index contributed by atoms with van der Waals surface area (Å²) in [5.41, 5.74) is 2.13. The zero-order chi connectivity index (χ0) is 22.0. The van der Waals surface area contributed by atoms with Crippen molar-refractivity contribution in [3.8, 4) is 11.5 Å². The summed E-state index contributed by atoms with van der Waals surface area (Å²) in [7, 11) is 1.58. The molecule has 7 nitrogen and oxygen atoms in total. The van der Waals surface area contributed by atoms with Crippen molar-refractivity contribution >= 4 is 23.5 Å². The molecule has 0 aromatic heterocycles. The fourth-order valence-corrected chi connectivity index (χ4v) is 3.56. The van der Waals surface area contributed by atoms with Gasteiger partial charge in [-0.3, -0.25) is 4.79 Å². The molecule has 0 amide bonds. The van der Waals surface area contributed by atoms with Crippen LogP contribution in [0, 0.1) is 0 Å². The molecule has 0 fully saturated rings. The van der Waals surface area contributed by atoms with Crippen molar-refractivity contribution in [2.75, 3.05) is 19.0 Å². The third-order valence-electron chi connectivity index (χ3n) is 4.92. The number of rotatable bonds is 6. The highest BCUT2D eigenvalue weighted by Gasteiger charge is 2.37. The SMILES string of the molecule is CCOC(=O)C1=C(Nc2ccccc2)O/C(=C/c2cc(OC)cc3c2O[C@@H](C)C3)C1=O. The van der Waals surface area contributed by atoms with E-state index in [2.05, 4.69) is 5.32 Å². The topological polar surface area (TPSA) is 83.1 Å². The zero-order valence-corrected chi connectivity index (χ0v) is 17.6. The first-order chi connectivity index (χ1) is 15.0. The van der Waals surface area contributed by atoms with Crippen molar-refractivity contribution in [3.63, 3.8) is 0 Å². The highest BCUT2D eigenvalue weighted by molar-refractivity contribution is 6.26. The first kappa shape index (κ1) is 20.5. The van der Waals surface area contributed by atoms with Gasteiger partial charge in [0.2, 0.25) is 11.7 Å². The molecular formula is C24H23NO6. The Morgan fingerprint density at radius 2 is 2.03 bits per heavy atom. The van der Waals surface area contributed by atoms with Crippen LogP contribution < -0.4 is 14.8 Å². The number of carbonyl (C=O) groups is 2. The maximum atomic E-state index is 13.1. The molecule has 7 heteroatoms. The number of esters is 1. The Kier molecular flexibility index (Phi) is 5.66. The quantitative estimate of drug-likeness (QED) is 0.431. The molecule has 2 heterocycles. The van der Waals surface area contributed by atoms with E-state index >= 15 is 0 Å². The van der Waals surface area contributed by atoms with Gasteiger partial charge >= 0.3 is 5.97 Å². The number of methoxy groups -OCH3 is 1.